The summed E-state index contributed by atoms with van der Waals surface area (Å²) in [6.07, 6.45) is 20.7. The summed E-state index contributed by atoms with van der Waals surface area (Å²) in [5.41, 5.74) is 1.61. The third kappa shape index (κ3) is 12.5. The number of carbonyl (C=O) groups excluding carboxylic acids is 2. The van der Waals surface area contributed by atoms with E-state index in [1.165, 1.54) is 82.6 Å². The zero-order chi connectivity index (χ0) is 22.7. The first kappa shape index (κ1) is 27.1. The Morgan fingerprint density at radius 1 is 0.839 bits per heavy atom. The summed E-state index contributed by atoms with van der Waals surface area (Å²) < 4.78 is 4.76. The molecule has 3 heteroatoms. The summed E-state index contributed by atoms with van der Waals surface area (Å²) in [5.74, 6) is -0.861. The molecule has 31 heavy (non-hydrogen) atoms. The van der Waals surface area contributed by atoms with E-state index in [0.29, 0.717) is 11.5 Å². The lowest BCUT2D eigenvalue weighted by Crippen LogP contribution is -2.11. The van der Waals surface area contributed by atoms with Gasteiger partial charge in [-0.25, -0.2) is 9.59 Å². The van der Waals surface area contributed by atoms with Crippen LogP contribution >= 0.6 is 0 Å². The highest BCUT2D eigenvalue weighted by molar-refractivity contribution is 5.99. The molecule has 0 aliphatic carbocycles. The normalized spacial score (nSPS) is 11.8. The zero-order valence-corrected chi connectivity index (χ0v) is 20.0. The van der Waals surface area contributed by atoms with Gasteiger partial charge in [0.05, 0.1) is 5.56 Å². The minimum atomic E-state index is -0.711. The van der Waals surface area contributed by atoms with E-state index in [-0.39, 0.29) is 0 Å². The number of ether oxygens (including phenoxy) is 1. The second-order valence-corrected chi connectivity index (χ2v) is 8.70. The lowest BCUT2D eigenvalue weighted by molar-refractivity contribution is -0.132. The van der Waals surface area contributed by atoms with Crippen LogP contribution in [0.5, 0.6) is 0 Å². The van der Waals surface area contributed by atoms with Crippen LogP contribution in [0.3, 0.4) is 0 Å². The molecule has 0 aromatic heterocycles. The van der Waals surface area contributed by atoms with Crippen LogP contribution in [0.2, 0.25) is 0 Å². The summed E-state index contributed by atoms with van der Waals surface area (Å²) in [7, 11) is 0. The third-order valence-corrected chi connectivity index (χ3v) is 6.00. The van der Waals surface area contributed by atoms with Gasteiger partial charge >= 0.3 is 11.9 Å². The van der Waals surface area contributed by atoms with Crippen molar-refractivity contribution in [2.24, 2.45) is 0 Å². The van der Waals surface area contributed by atoms with Crippen molar-refractivity contribution in [1.29, 1.82) is 0 Å². The van der Waals surface area contributed by atoms with Crippen LogP contribution in [0.4, 0.5) is 0 Å². The average molecular weight is 429 g/mol. The summed E-state index contributed by atoms with van der Waals surface area (Å²) in [6, 6.07) is 7.57. The largest absolute Gasteiger partial charge is 0.386 e. The molecule has 0 saturated heterocycles. The molecular formula is C28H44O3. The van der Waals surface area contributed by atoms with Crippen LogP contribution in [0.25, 0.3) is 0 Å². The Kier molecular flexibility index (Phi) is 15.5. The van der Waals surface area contributed by atoms with Gasteiger partial charge in [-0.1, -0.05) is 116 Å². The van der Waals surface area contributed by atoms with Gasteiger partial charge in [0.1, 0.15) is 0 Å². The number of rotatable bonds is 18. The molecule has 0 saturated carbocycles. The molecule has 174 valence electrons. The van der Waals surface area contributed by atoms with Crippen molar-refractivity contribution in [1.82, 2.24) is 0 Å². The quantitative estimate of drug-likeness (QED) is 0.102. The Labute approximate surface area is 190 Å². The topological polar surface area (TPSA) is 43.4 Å². The molecule has 0 spiro atoms. The van der Waals surface area contributed by atoms with Crippen molar-refractivity contribution in [3.63, 3.8) is 0 Å². The molecule has 1 atom stereocenters. The number of hydrogen-bond donors (Lipinski definition) is 0. The summed E-state index contributed by atoms with van der Waals surface area (Å²) >= 11 is 0. The lowest BCUT2D eigenvalue weighted by atomic mass is 9.88. The van der Waals surface area contributed by atoms with E-state index in [0.717, 1.165) is 25.3 Å². The van der Waals surface area contributed by atoms with Gasteiger partial charge < -0.3 is 4.74 Å². The van der Waals surface area contributed by atoms with Gasteiger partial charge in [-0.3, -0.25) is 0 Å². The fraction of sp³-hybridized carbons (Fsp3) is 0.643. The molecule has 0 aliphatic rings. The first-order chi connectivity index (χ1) is 15.1. The summed E-state index contributed by atoms with van der Waals surface area (Å²) in [5, 5.41) is 0. The van der Waals surface area contributed by atoms with Gasteiger partial charge in [0.2, 0.25) is 0 Å². The smallest absolute Gasteiger partial charge is 0.346 e. The van der Waals surface area contributed by atoms with Crippen LogP contribution in [0.15, 0.2) is 36.9 Å². The van der Waals surface area contributed by atoms with Crippen LogP contribution in [-0.2, 0) is 9.53 Å². The first-order valence-electron chi connectivity index (χ1n) is 12.6. The molecule has 0 bridgehead atoms. The van der Waals surface area contributed by atoms with Crippen molar-refractivity contribution >= 4 is 11.9 Å². The lowest BCUT2D eigenvalue weighted by Gasteiger charge is -2.17. The highest BCUT2D eigenvalue weighted by atomic mass is 16.6. The van der Waals surface area contributed by atoms with Crippen LogP contribution in [0, 0.1) is 0 Å². The van der Waals surface area contributed by atoms with Crippen molar-refractivity contribution < 1.29 is 14.3 Å². The Hall–Kier alpha value is -1.90. The fourth-order valence-corrected chi connectivity index (χ4v) is 4.17. The molecule has 0 N–H and O–H groups in total. The van der Waals surface area contributed by atoms with E-state index in [1.807, 2.05) is 12.1 Å². The Morgan fingerprint density at radius 3 is 1.97 bits per heavy atom. The Balaban J connectivity index is 2.32. The van der Waals surface area contributed by atoms with Gasteiger partial charge in [-0.2, -0.15) is 0 Å². The molecule has 0 aliphatic heterocycles. The van der Waals surface area contributed by atoms with Crippen molar-refractivity contribution in [3.05, 3.63) is 48.0 Å². The molecule has 1 aromatic carbocycles. The highest BCUT2D eigenvalue weighted by Crippen LogP contribution is 2.28. The first-order valence-corrected chi connectivity index (χ1v) is 12.6. The fourth-order valence-electron chi connectivity index (χ4n) is 4.17. The summed E-state index contributed by atoms with van der Waals surface area (Å²) in [4.78, 5) is 23.4. The van der Waals surface area contributed by atoms with E-state index >= 15 is 0 Å². The standard InChI is InChI=1S/C28H44O3/c1-4-7-8-9-10-11-12-13-14-15-16-17-20-24(19-5-2)25-21-18-22-26(23-25)28(30)31-27(29)6-3/h6,18,21-24H,3-5,7-17,19-20H2,1-2H3. The number of carbonyl (C=O) groups is 2. The maximum absolute atomic E-state index is 12.1. The molecular weight excluding hydrogens is 384 g/mol. The average Bonchev–Trinajstić information content (AvgIpc) is 2.79. The SMILES string of the molecule is C=CC(=O)OC(=O)c1cccc(C(CCC)CCCCCCCCCCCCCC)c1. The molecule has 0 amide bonds. The van der Waals surface area contributed by atoms with Crippen LogP contribution < -0.4 is 0 Å². The van der Waals surface area contributed by atoms with E-state index in [9.17, 15) is 9.59 Å². The van der Waals surface area contributed by atoms with E-state index < -0.39 is 11.9 Å². The highest BCUT2D eigenvalue weighted by Gasteiger charge is 2.15. The van der Waals surface area contributed by atoms with Gasteiger partial charge in [-0.15, -0.1) is 0 Å². The second kappa shape index (κ2) is 17.7. The van der Waals surface area contributed by atoms with Gasteiger partial charge in [-0.05, 0) is 36.5 Å². The molecule has 1 aromatic rings. The predicted molar refractivity (Wildman–Crippen MR) is 130 cm³/mol. The molecule has 0 fully saturated rings. The molecule has 1 unspecified atom stereocenters. The number of hydrogen-bond acceptors (Lipinski definition) is 3. The zero-order valence-electron chi connectivity index (χ0n) is 20.0. The van der Waals surface area contributed by atoms with E-state index in [1.54, 1.807) is 6.07 Å². The Morgan fingerprint density at radius 2 is 1.42 bits per heavy atom. The minimum absolute atomic E-state index is 0.434. The molecule has 0 radical (unpaired) electrons. The number of unbranched alkanes of at least 4 members (excludes halogenated alkanes) is 11. The maximum atomic E-state index is 12.1. The number of benzene rings is 1. The van der Waals surface area contributed by atoms with E-state index in [2.05, 4.69) is 26.5 Å². The van der Waals surface area contributed by atoms with Crippen LogP contribution in [-0.4, -0.2) is 11.9 Å². The number of esters is 2. The monoisotopic (exact) mass is 428 g/mol. The third-order valence-electron chi connectivity index (χ3n) is 6.00. The van der Waals surface area contributed by atoms with Crippen molar-refractivity contribution in [2.75, 3.05) is 0 Å². The second-order valence-electron chi connectivity index (χ2n) is 8.70. The van der Waals surface area contributed by atoms with Gasteiger partial charge in [0, 0.05) is 6.08 Å². The maximum Gasteiger partial charge on any atom is 0.346 e. The van der Waals surface area contributed by atoms with Gasteiger partial charge in [0.15, 0.2) is 0 Å². The van der Waals surface area contributed by atoms with Gasteiger partial charge in [0.25, 0.3) is 0 Å². The molecule has 0 heterocycles. The summed E-state index contributed by atoms with van der Waals surface area (Å²) in [6.45, 7) is 7.81. The Bertz CT molecular complexity index is 635. The van der Waals surface area contributed by atoms with Crippen molar-refractivity contribution in [2.45, 2.75) is 116 Å². The predicted octanol–water partition coefficient (Wildman–Crippen LogP) is 8.53. The molecule has 1 rings (SSSR count). The van der Waals surface area contributed by atoms with Crippen molar-refractivity contribution in [3.8, 4) is 0 Å². The van der Waals surface area contributed by atoms with E-state index in [4.69, 9.17) is 4.74 Å². The molecule has 3 nitrogen and oxygen atoms in total. The van der Waals surface area contributed by atoms with Crippen LogP contribution in [0.1, 0.15) is 132 Å². The minimum Gasteiger partial charge on any atom is -0.386 e.